The molecule has 0 aromatic heterocycles. The molecule has 5 heteroatoms. The second kappa shape index (κ2) is 5.20. The summed E-state index contributed by atoms with van der Waals surface area (Å²) in [5, 5.41) is 32.2. The van der Waals surface area contributed by atoms with Gasteiger partial charge in [-0.2, -0.15) is 0 Å². The van der Waals surface area contributed by atoms with Crippen LogP contribution in [-0.2, 0) is 9.47 Å². The Bertz CT molecular complexity index is 562. The fraction of sp³-hybridized carbons (Fsp3) is 1.00. The van der Waals surface area contributed by atoms with Crippen molar-refractivity contribution in [3.8, 4) is 0 Å². The van der Waals surface area contributed by atoms with Crippen LogP contribution in [0.15, 0.2) is 0 Å². The van der Waals surface area contributed by atoms with Gasteiger partial charge in [-0.05, 0) is 67.6 Å². The second-order valence-electron chi connectivity index (χ2n) is 9.97. The van der Waals surface area contributed by atoms with E-state index in [-0.39, 0.29) is 28.8 Å². The van der Waals surface area contributed by atoms with Crippen LogP contribution in [0.2, 0.25) is 0 Å². The molecule has 5 nitrogen and oxygen atoms in total. The SMILES string of the molecule is C[C@]12CC[C@H](O)C[C@@H]1[C@@H](O)[C@H](O)[C@@H]1[C@@H]2CC[C@@]2(C)[C@H]1CCC21OCO1. The van der Waals surface area contributed by atoms with Crippen LogP contribution in [0.5, 0.6) is 0 Å². The topological polar surface area (TPSA) is 79.2 Å². The number of rotatable bonds is 0. The van der Waals surface area contributed by atoms with Crippen LogP contribution < -0.4 is 0 Å². The normalized spacial score (nSPS) is 59.6. The Labute approximate surface area is 149 Å². The van der Waals surface area contributed by atoms with Gasteiger partial charge in [0.2, 0.25) is 0 Å². The molecular formula is C20H32O5. The zero-order valence-electron chi connectivity index (χ0n) is 15.4. The standard InChI is InChI=1S/C20H32O5/c1-18-6-3-11(21)9-14(18)16(22)17(23)15-12(18)4-7-19(2)13(15)5-8-20(19)24-10-25-20/h11-17,21-23H,3-10H2,1-2H3/t11-,12-,13-,14+,15+,16+,17+,18+,19-/m0/s1. The summed E-state index contributed by atoms with van der Waals surface area (Å²) in [4.78, 5) is 0. The summed E-state index contributed by atoms with van der Waals surface area (Å²) < 4.78 is 11.9. The van der Waals surface area contributed by atoms with E-state index in [1.165, 1.54) is 0 Å². The molecule has 1 spiro atoms. The number of fused-ring (bicyclic) bond motifs is 6. The molecule has 5 aliphatic rings. The van der Waals surface area contributed by atoms with Crippen LogP contribution in [0.1, 0.15) is 58.8 Å². The number of aliphatic hydroxyl groups excluding tert-OH is 3. The van der Waals surface area contributed by atoms with E-state index in [1.54, 1.807) is 0 Å². The fourth-order valence-electron chi connectivity index (χ4n) is 7.87. The van der Waals surface area contributed by atoms with Crippen LogP contribution in [-0.4, -0.2) is 46.2 Å². The molecule has 4 aliphatic carbocycles. The smallest absolute Gasteiger partial charge is 0.179 e. The highest BCUT2D eigenvalue weighted by atomic mass is 16.9. The van der Waals surface area contributed by atoms with Gasteiger partial charge in [0.05, 0.1) is 18.3 Å². The molecule has 142 valence electrons. The summed E-state index contributed by atoms with van der Waals surface area (Å²) in [5.41, 5.74) is -0.0502. The lowest BCUT2D eigenvalue weighted by molar-refractivity contribution is -0.438. The van der Waals surface area contributed by atoms with Gasteiger partial charge in [-0.3, -0.25) is 0 Å². The maximum absolute atomic E-state index is 11.1. The third-order valence-electron chi connectivity index (χ3n) is 9.35. The van der Waals surface area contributed by atoms with Gasteiger partial charge >= 0.3 is 0 Å². The van der Waals surface area contributed by atoms with E-state index in [1.807, 2.05) is 0 Å². The summed E-state index contributed by atoms with van der Waals surface area (Å²) in [6.07, 6.45) is 4.64. The minimum atomic E-state index is -0.733. The van der Waals surface area contributed by atoms with Crippen molar-refractivity contribution in [2.24, 2.45) is 34.5 Å². The largest absolute Gasteiger partial charge is 0.393 e. The average Bonchev–Trinajstić information content (AvgIpc) is 2.87. The van der Waals surface area contributed by atoms with Gasteiger partial charge in [-0.1, -0.05) is 13.8 Å². The Morgan fingerprint density at radius 3 is 2.20 bits per heavy atom. The molecule has 4 saturated carbocycles. The first-order chi connectivity index (χ1) is 11.8. The third kappa shape index (κ3) is 1.92. The molecule has 0 bridgehead atoms. The average molecular weight is 352 g/mol. The highest BCUT2D eigenvalue weighted by Crippen LogP contribution is 2.70. The number of aliphatic hydroxyl groups is 3. The first kappa shape index (κ1) is 16.9. The first-order valence-corrected chi connectivity index (χ1v) is 10.1. The van der Waals surface area contributed by atoms with Gasteiger partial charge < -0.3 is 24.8 Å². The van der Waals surface area contributed by atoms with E-state index in [0.29, 0.717) is 25.0 Å². The zero-order chi connectivity index (χ0) is 17.6. The van der Waals surface area contributed by atoms with E-state index in [9.17, 15) is 15.3 Å². The highest BCUT2D eigenvalue weighted by Gasteiger charge is 2.70. The number of hydrogen-bond acceptors (Lipinski definition) is 5. The van der Waals surface area contributed by atoms with Crippen LogP contribution in [0.3, 0.4) is 0 Å². The fourth-order valence-corrected chi connectivity index (χ4v) is 7.87. The molecule has 0 unspecified atom stereocenters. The molecule has 5 rings (SSSR count). The van der Waals surface area contributed by atoms with Gasteiger partial charge in [0, 0.05) is 11.8 Å². The summed E-state index contributed by atoms with van der Waals surface area (Å²) in [5.74, 6) is 0.409. The van der Waals surface area contributed by atoms with Gasteiger partial charge in [-0.15, -0.1) is 0 Å². The van der Waals surface area contributed by atoms with Crippen LogP contribution in [0.4, 0.5) is 0 Å². The molecule has 0 aromatic carbocycles. The van der Waals surface area contributed by atoms with Crippen molar-refractivity contribution in [1.29, 1.82) is 0 Å². The summed E-state index contributed by atoms with van der Waals surface area (Å²) >= 11 is 0. The van der Waals surface area contributed by atoms with Crippen molar-refractivity contribution in [2.75, 3.05) is 6.79 Å². The molecule has 1 saturated heterocycles. The van der Waals surface area contributed by atoms with E-state index in [0.717, 1.165) is 38.5 Å². The Morgan fingerprint density at radius 1 is 0.800 bits per heavy atom. The Morgan fingerprint density at radius 2 is 1.52 bits per heavy atom. The minimum absolute atomic E-state index is 0.00317. The molecule has 3 N–H and O–H groups in total. The van der Waals surface area contributed by atoms with Gasteiger partial charge in [0.25, 0.3) is 0 Å². The second-order valence-corrected chi connectivity index (χ2v) is 9.97. The lowest BCUT2D eigenvalue weighted by atomic mass is 9.43. The number of hydrogen-bond donors (Lipinski definition) is 3. The van der Waals surface area contributed by atoms with Gasteiger partial charge in [0.15, 0.2) is 12.6 Å². The lowest BCUT2D eigenvalue weighted by Gasteiger charge is -2.64. The van der Waals surface area contributed by atoms with Gasteiger partial charge in [0.1, 0.15) is 0 Å². The molecular weight excluding hydrogens is 320 g/mol. The first-order valence-electron chi connectivity index (χ1n) is 10.1. The van der Waals surface area contributed by atoms with E-state index < -0.39 is 18.0 Å². The predicted octanol–water partition coefficient (Wildman–Crippen LogP) is 2.03. The molecule has 1 heterocycles. The van der Waals surface area contributed by atoms with Crippen LogP contribution >= 0.6 is 0 Å². The van der Waals surface area contributed by atoms with E-state index in [4.69, 9.17) is 9.47 Å². The Hall–Kier alpha value is -0.200. The highest BCUT2D eigenvalue weighted by molar-refractivity contribution is 5.16. The molecule has 25 heavy (non-hydrogen) atoms. The van der Waals surface area contributed by atoms with Gasteiger partial charge in [-0.25, -0.2) is 0 Å². The van der Waals surface area contributed by atoms with Crippen molar-refractivity contribution in [1.82, 2.24) is 0 Å². The molecule has 9 atom stereocenters. The van der Waals surface area contributed by atoms with E-state index in [2.05, 4.69) is 13.8 Å². The quantitative estimate of drug-likeness (QED) is 0.622. The molecule has 0 amide bonds. The summed E-state index contributed by atoms with van der Waals surface area (Å²) in [6.45, 7) is 4.97. The minimum Gasteiger partial charge on any atom is -0.393 e. The number of ether oxygens (including phenoxy) is 2. The molecule has 1 aliphatic heterocycles. The maximum Gasteiger partial charge on any atom is 0.179 e. The van der Waals surface area contributed by atoms with E-state index >= 15 is 0 Å². The van der Waals surface area contributed by atoms with Crippen molar-refractivity contribution < 1.29 is 24.8 Å². The van der Waals surface area contributed by atoms with Crippen molar-refractivity contribution >= 4 is 0 Å². The van der Waals surface area contributed by atoms with Crippen molar-refractivity contribution in [2.45, 2.75) is 82.9 Å². The summed E-state index contributed by atoms with van der Waals surface area (Å²) in [6, 6.07) is 0. The van der Waals surface area contributed by atoms with Crippen molar-refractivity contribution in [3.05, 3.63) is 0 Å². The Balaban J connectivity index is 1.52. The molecule has 5 fully saturated rings. The monoisotopic (exact) mass is 352 g/mol. The lowest BCUT2D eigenvalue weighted by Crippen LogP contribution is -2.66. The molecule has 0 radical (unpaired) electrons. The van der Waals surface area contributed by atoms with Crippen molar-refractivity contribution in [3.63, 3.8) is 0 Å². The molecule has 0 aromatic rings. The van der Waals surface area contributed by atoms with Crippen LogP contribution in [0, 0.1) is 34.5 Å². The Kier molecular flexibility index (Phi) is 3.52. The zero-order valence-corrected chi connectivity index (χ0v) is 15.4. The third-order valence-corrected chi connectivity index (χ3v) is 9.35. The maximum atomic E-state index is 11.1. The van der Waals surface area contributed by atoms with Crippen LogP contribution in [0.25, 0.3) is 0 Å². The summed E-state index contributed by atoms with van der Waals surface area (Å²) in [7, 11) is 0. The predicted molar refractivity (Wildman–Crippen MR) is 90.3 cm³/mol.